The molecule has 1 aliphatic rings. The van der Waals surface area contributed by atoms with Crippen LogP contribution in [0.4, 0.5) is 0 Å². The molecule has 3 heterocycles. The van der Waals surface area contributed by atoms with Gasteiger partial charge in [0.1, 0.15) is 11.4 Å². The Morgan fingerprint density at radius 2 is 2.04 bits per heavy atom. The Bertz CT molecular complexity index is 891. The van der Waals surface area contributed by atoms with Gasteiger partial charge in [0.2, 0.25) is 0 Å². The molecular formula is C18H23BrN4O4. The van der Waals surface area contributed by atoms with Gasteiger partial charge in [0.15, 0.2) is 10.6 Å². The fraction of sp³-hybridized carbons (Fsp3) is 0.500. The van der Waals surface area contributed by atoms with Gasteiger partial charge in [-0.1, -0.05) is 0 Å². The molecule has 1 fully saturated rings. The molecule has 0 aromatic carbocycles. The number of halogens is 1. The molecule has 0 bridgehead atoms. The second-order valence-corrected chi connectivity index (χ2v) is 7.94. The molecule has 2 aromatic heterocycles. The van der Waals surface area contributed by atoms with Gasteiger partial charge in [-0.2, -0.15) is 0 Å². The third-order valence-corrected chi connectivity index (χ3v) is 4.89. The van der Waals surface area contributed by atoms with Crippen LogP contribution in [0.5, 0.6) is 5.75 Å². The van der Waals surface area contributed by atoms with Gasteiger partial charge in [-0.15, -0.1) is 0 Å². The van der Waals surface area contributed by atoms with Crippen LogP contribution in [0.1, 0.15) is 17.3 Å². The number of carbonyl (C=O) groups is 1. The lowest BCUT2D eigenvalue weighted by molar-refractivity contribution is 0.0484. The highest BCUT2D eigenvalue weighted by Crippen LogP contribution is 2.26. The third kappa shape index (κ3) is 4.31. The summed E-state index contributed by atoms with van der Waals surface area (Å²) in [5.74, 6) is -1.25. The van der Waals surface area contributed by atoms with Crippen LogP contribution < -0.4 is 5.56 Å². The lowest BCUT2D eigenvalue weighted by Gasteiger charge is -2.32. The summed E-state index contributed by atoms with van der Waals surface area (Å²) in [5.41, 5.74) is -0.594. The number of ether oxygens (including phenoxy) is 1. The van der Waals surface area contributed by atoms with Gasteiger partial charge in [0.25, 0.3) is 5.56 Å². The number of alkyl halides is 1. The molecule has 146 valence electrons. The summed E-state index contributed by atoms with van der Waals surface area (Å²) in [4.78, 5) is 34.1. The summed E-state index contributed by atoms with van der Waals surface area (Å²) in [6, 6.07) is 3.29. The van der Waals surface area contributed by atoms with Crippen LogP contribution in [0.25, 0.3) is 11.0 Å². The maximum atomic E-state index is 13.0. The summed E-state index contributed by atoms with van der Waals surface area (Å²) < 4.78 is 6.52. The molecule has 2 aromatic rings. The van der Waals surface area contributed by atoms with Crippen LogP contribution in [0.15, 0.2) is 23.1 Å². The molecule has 27 heavy (non-hydrogen) atoms. The first-order valence-corrected chi connectivity index (χ1v) is 9.76. The number of nitrogens with zero attached hydrogens (tertiary/aromatic N) is 4. The zero-order valence-corrected chi connectivity index (χ0v) is 17.0. The number of pyridine rings is 2. The minimum Gasteiger partial charge on any atom is -0.506 e. The van der Waals surface area contributed by atoms with Gasteiger partial charge in [-0.05, 0) is 42.0 Å². The number of rotatable bonds is 5. The van der Waals surface area contributed by atoms with Gasteiger partial charge >= 0.3 is 5.97 Å². The Morgan fingerprint density at radius 1 is 1.33 bits per heavy atom. The molecule has 0 spiro atoms. The van der Waals surface area contributed by atoms with E-state index in [4.69, 9.17) is 4.74 Å². The quantitative estimate of drug-likeness (QED) is 0.554. The first-order chi connectivity index (χ1) is 12.9. The molecule has 1 N–H and O–H groups in total. The first-order valence-electron chi connectivity index (χ1n) is 8.85. The van der Waals surface area contributed by atoms with Gasteiger partial charge in [0, 0.05) is 45.5 Å². The Morgan fingerprint density at radius 3 is 2.70 bits per heavy atom. The largest absolute Gasteiger partial charge is 0.506 e. The minimum absolute atomic E-state index is 0.352. The molecule has 1 unspecified atom stereocenters. The number of fused-ring (bicyclic) bond motifs is 1. The van der Waals surface area contributed by atoms with Crippen LogP contribution in [-0.2, 0) is 11.3 Å². The van der Waals surface area contributed by atoms with Crippen molar-refractivity contribution in [3.8, 4) is 5.75 Å². The highest BCUT2D eigenvalue weighted by atomic mass is 79.9. The van der Waals surface area contributed by atoms with Gasteiger partial charge < -0.3 is 14.7 Å². The molecule has 3 rings (SSSR count). The maximum Gasteiger partial charge on any atom is 0.348 e. The molecule has 8 nitrogen and oxygen atoms in total. The molecule has 1 atom stereocenters. The number of hydrogen-bond donors (Lipinski definition) is 1. The van der Waals surface area contributed by atoms with Crippen LogP contribution in [0, 0.1) is 0 Å². The Balaban J connectivity index is 1.98. The van der Waals surface area contributed by atoms with Crippen molar-refractivity contribution in [2.75, 3.05) is 39.8 Å². The normalized spacial score (nSPS) is 17.1. The molecule has 0 aliphatic carbocycles. The highest BCUT2D eigenvalue weighted by Gasteiger charge is 2.25. The van der Waals surface area contributed by atoms with E-state index in [-0.39, 0.29) is 5.56 Å². The van der Waals surface area contributed by atoms with Crippen LogP contribution in [0.3, 0.4) is 0 Å². The van der Waals surface area contributed by atoms with E-state index in [0.29, 0.717) is 24.1 Å². The SMILES string of the molecule is CC(Br)OC(=O)c1c(O)c2cccnc2n(CCN2CCN(C)CC2)c1=O. The number of carbonyl (C=O) groups excluding carboxylic acids is 1. The van der Waals surface area contributed by atoms with Gasteiger partial charge in [-0.25, -0.2) is 9.78 Å². The van der Waals surface area contributed by atoms with Crippen molar-refractivity contribution in [2.24, 2.45) is 0 Å². The van der Waals surface area contributed by atoms with E-state index >= 15 is 0 Å². The average Bonchev–Trinajstić information content (AvgIpc) is 2.62. The lowest BCUT2D eigenvalue weighted by Crippen LogP contribution is -2.46. The molecule has 0 radical (unpaired) electrons. The van der Waals surface area contributed by atoms with Gasteiger partial charge in [0.05, 0.1) is 5.39 Å². The number of aromatic nitrogens is 2. The molecule has 0 amide bonds. The van der Waals surface area contributed by atoms with E-state index in [2.05, 4.69) is 37.8 Å². The van der Waals surface area contributed by atoms with Crippen molar-refractivity contribution in [1.82, 2.24) is 19.4 Å². The van der Waals surface area contributed by atoms with Crippen molar-refractivity contribution in [3.63, 3.8) is 0 Å². The average molecular weight is 439 g/mol. The first kappa shape index (κ1) is 19.8. The van der Waals surface area contributed by atoms with Crippen molar-refractivity contribution in [1.29, 1.82) is 0 Å². The monoisotopic (exact) mass is 438 g/mol. The van der Waals surface area contributed by atoms with E-state index in [1.165, 1.54) is 4.57 Å². The number of piperazine rings is 1. The second-order valence-electron chi connectivity index (χ2n) is 6.65. The summed E-state index contributed by atoms with van der Waals surface area (Å²) in [6.45, 7) is 6.45. The zero-order chi connectivity index (χ0) is 19.6. The summed E-state index contributed by atoms with van der Waals surface area (Å²) in [7, 11) is 2.09. The number of hydrogen-bond acceptors (Lipinski definition) is 7. The molecule has 0 saturated carbocycles. The molecular weight excluding hydrogens is 416 g/mol. The lowest BCUT2D eigenvalue weighted by atomic mass is 10.1. The summed E-state index contributed by atoms with van der Waals surface area (Å²) in [6.07, 6.45) is 1.56. The van der Waals surface area contributed by atoms with Crippen LogP contribution in [-0.4, -0.2) is 75.2 Å². The number of aromatic hydroxyl groups is 1. The van der Waals surface area contributed by atoms with E-state index < -0.39 is 22.3 Å². The summed E-state index contributed by atoms with van der Waals surface area (Å²) >= 11 is 3.12. The number of esters is 1. The van der Waals surface area contributed by atoms with Crippen molar-refractivity contribution in [2.45, 2.75) is 18.5 Å². The molecule has 1 aliphatic heterocycles. The fourth-order valence-corrected chi connectivity index (χ4v) is 3.34. The minimum atomic E-state index is -0.860. The predicted octanol–water partition coefficient (Wildman–Crippen LogP) is 1.25. The zero-order valence-electron chi connectivity index (χ0n) is 15.4. The third-order valence-electron chi connectivity index (χ3n) is 4.70. The fourth-order valence-electron chi connectivity index (χ4n) is 3.17. The standard InChI is InChI=1S/C18H23BrN4O4/c1-12(19)27-18(26)14-15(24)13-4-3-5-20-16(13)23(17(14)25)11-10-22-8-6-21(2)7-9-22/h3-5,12,24H,6-11H2,1-2H3. The van der Waals surface area contributed by atoms with E-state index in [0.717, 1.165) is 26.2 Å². The Hall–Kier alpha value is -1.97. The van der Waals surface area contributed by atoms with Crippen molar-refractivity contribution < 1.29 is 14.6 Å². The topological polar surface area (TPSA) is 87.9 Å². The van der Waals surface area contributed by atoms with Gasteiger partial charge in [-0.3, -0.25) is 14.3 Å². The highest BCUT2D eigenvalue weighted by molar-refractivity contribution is 9.09. The number of likely N-dealkylation sites (N-methyl/N-ethyl adjacent to an activating group) is 1. The van der Waals surface area contributed by atoms with E-state index in [9.17, 15) is 14.7 Å². The van der Waals surface area contributed by atoms with Crippen molar-refractivity contribution >= 4 is 32.9 Å². The smallest absolute Gasteiger partial charge is 0.348 e. The summed E-state index contributed by atoms with van der Waals surface area (Å²) in [5, 5.41) is 10.3. The van der Waals surface area contributed by atoms with Crippen molar-refractivity contribution in [3.05, 3.63) is 34.2 Å². The molecule has 9 heteroatoms. The Labute approximate surface area is 165 Å². The van der Waals surface area contributed by atoms with E-state index in [1.807, 2.05) is 0 Å². The maximum absolute atomic E-state index is 13.0. The van der Waals surface area contributed by atoms with E-state index in [1.54, 1.807) is 25.3 Å². The van der Waals surface area contributed by atoms with Crippen LogP contribution in [0.2, 0.25) is 0 Å². The predicted molar refractivity (Wildman–Crippen MR) is 105 cm³/mol. The second kappa shape index (κ2) is 8.37. The Kier molecular flexibility index (Phi) is 6.13. The van der Waals surface area contributed by atoms with Crippen LogP contribution >= 0.6 is 15.9 Å². The molecule has 1 saturated heterocycles.